The molecule has 0 aliphatic rings. The molecule has 0 radical (unpaired) electrons. The summed E-state index contributed by atoms with van der Waals surface area (Å²) >= 11 is 5.80. The number of hydrogen-bond acceptors (Lipinski definition) is 2. The Bertz CT molecular complexity index is 920. The zero-order valence-corrected chi connectivity index (χ0v) is 14.3. The Kier molecular flexibility index (Phi) is 4.91. The van der Waals surface area contributed by atoms with Crippen LogP contribution in [0.1, 0.15) is 11.3 Å². The fourth-order valence-corrected chi connectivity index (χ4v) is 2.52. The standard InChI is InChI=1S/C18H13ClF4N2O/c1-25-16(9-17(24-25)18(21,22)23)14-7-6-13(8-15(14)20)26-10-11-2-4-12(19)5-3-11/h2-9H,10H2,1H3. The minimum Gasteiger partial charge on any atom is -0.489 e. The summed E-state index contributed by atoms with van der Waals surface area (Å²) < 4.78 is 59.1. The Morgan fingerprint density at radius 2 is 1.77 bits per heavy atom. The molecule has 0 aliphatic heterocycles. The Labute approximate surface area is 151 Å². The summed E-state index contributed by atoms with van der Waals surface area (Å²) in [5.74, 6) is -0.435. The lowest BCUT2D eigenvalue weighted by molar-refractivity contribution is -0.141. The average Bonchev–Trinajstić information content (AvgIpc) is 2.96. The predicted octanol–water partition coefficient (Wildman–Crippen LogP) is 5.48. The first-order valence-electron chi connectivity index (χ1n) is 7.52. The molecular formula is C18H13ClF4N2O. The molecule has 0 bridgehead atoms. The molecule has 3 nitrogen and oxygen atoms in total. The van der Waals surface area contributed by atoms with Crippen LogP contribution < -0.4 is 4.74 Å². The van der Waals surface area contributed by atoms with Crippen molar-refractivity contribution in [1.82, 2.24) is 9.78 Å². The molecule has 0 fully saturated rings. The van der Waals surface area contributed by atoms with E-state index >= 15 is 0 Å². The number of hydrogen-bond donors (Lipinski definition) is 0. The molecule has 26 heavy (non-hydrogen) atoms. The van der Waals surface area contributed by atoms with Gasteiger partial charge < -0.3 is 4.74 Å². The molecule has 0 spiro atoms. The molecule has 3 rings (SSSR count). The highest BCUT2D eigenvalue weighted by Crippen LogP contribution is 2.33. The van der Waals surface area contributed by atoms with Gasteiger partial charge in [0.15, 0.2) is 5.69 Å². The van der Waals surface area contributed by atoms with Crippen LogP contribution >= 0.6 is 11.6 Å². The second kappa shape index (κ2) is 6.99. The van der Waals surface area contributed by atoms with Crippen LogP contribution in [0.4, 0.5) is 17.6 Å². The SMILES string of the molecule is Cn1nc(C(F)(F)F)cc1-c1ccc(OCc2ccc(Cl)cc2)cc1F. The van der Waals surface area contributed by atoms with E-state index in [9.17, 15) is 17.6 Å². The number of nitrogens with zero attached hydrogens (tertiary/aromatic N) is 2. The van der Waals surface area contributed by atoms with Gasteiger partial charge in [-0.1, -0.05) is 23.7 Å². The van der Waals surface area contributed by atoms with E-state index in [2.05, 4.69) is 5.10 Å². The quantitative estimate of drug-likeness (QED) is 0.557. The van der Waals surface area contributed by atoms with Crippen molar-refractivity contribution >= 4 is 11.6 Å². The van der Waals surface area contributed by atoms with Gasteiger partial charge in [-0.3, -0.25) is 4.68 Å². The molecule has 2 aromatic carbocycles. The fourth-order valence-electron chi connectivity index (χ4n) is 2.40. The molecule has 0 saturated carbocycles. The molecule has 0 saturated heterocycles. The van der Waals surface area contributed by atoms with Crippen LogP contribution in [0.15, 0.2) is 48.5 Å². The predicted molar refractivity (Wildman–Crippen MR) is 89.4 cm³/mol. The zero-order chi connectivity index (χ0) is 18.9. The van der Waals surface area contributed by atoms with Crippen molar-refractivity contribution in [2.45, 2.75) is 12.8 Å². The first kappa shape index (κ1) is 18.3. The molecule has 0 amide bonds. The number of ether oxygens (including phenoxy) is 1. The van der Waals surface area contributed by atoms with Crippen LogP contribution in [-0.2, 0) is 19.8 Å². The maximum atomic E-state index is 14.4. The number of aromatic nitrogens is 2. The molecule has 0 unspecified atom stereocenters. The lowest BCUT2D eigenvalue weighted by atomic mass is 10.1. The second-order valence-electron chi connectivity index (χ2n) is 5.59. The molecule has 3 aromatic rings. The van der Waals surface area contributed by atoms with Crippen LogP contribution in [0.2, 0.25) is 5.02 Å². The molecule has 0 aliphatic carbocycles. The first-order chi connectivity index (χ1) is 12.2. The third kappa shape index (κ3) is 3.99. The Morgan fingerprint density at radius 3 is 2.35 bits per heavy atom. The van der Waals surface area contributed by atoms with E-state index < -0.39 is 17.7 Å². The van der Waals surface area contributed by atoms with E-state index in [4.69, 9.17) is 16.3 Å². The van der Waals surface area contributed by atoms with Crippen molar-refractivity contribution < 1.29 is 22.3 Å². The van der Waals surface area contributed by atoms with Gasteiger partial charge in [0.1, 0.15) is 18.2 Å². The van der Waals surface area contributed by atoms with Gasteiger partial charge in [-0.05, 0) is 35.9 Å². The molecule has 1 heterocycles. The van der Waals surface area contributed by atoms with Crippen molar-refractivity contribution in [3.8, 4) is 17.0 Å². The molecule has 8 heteroatoms. The van der Waals surface area contributed by atoms with Gasteiger partial charge in [0.25, 0.3) is 0 Å². The minimum atomic E-state index is -4.59. The smallest absolute Gasteiger partial charge is 0.435 e. The highest BCUT2D eigenvalue weighted by atomic mass is 35.5. The molecule has 0 atom stereocenters. The summed E-state index contributed by atoms with van der Waals surface area (Å²) in [6.45, 7) is 0.208. The van der Waals surface area contributed by atoms with Crippen LogP contribution in [0.5, 0.6) is 5.75 Å². The normalized spacial score (nSPS) is 11.6. The average molecular weight is 385 g/mol. The van der Waals surface area contributed by atoms with E-state index in [0.717, 1.165) is 22.4 Å². The van der Waals surface area contributed by atoms with Crippen molar-refractivity contribution in [2.24, 2.45) is 7.05 Å². The maximum Gasteiger partial charge on any atom is 0.435 e. The number of aryl methyl sites for hydroxylation is 1. The van der Waals surface area contributed by atoms with Crippen molar-refractivity contribution in [3.05, 3.63) is 70.6 Å². The monoisotopic (exact) mass is 384 g/mol. The maximum absolute atomic E-state index is 14.4. The second-order valence-corrected chi connectivity index (χ2v) is 6.03. The summed E-state index contributed by atoms with van der Waals surface area (Å²) in [7, 11) is 1.33. The van der Waals surface area contributed by atoms with Gasteiger partial charge in [0, 0.05) is 23.7 Å². The third-order valence-corrected chi connectivity index (χ3v) is 3.96. The number of alkyl halides is 3. The van der Waals surface area contributed by atoms with Crippen molar-refractivity contribution in [3.63, 3.8) is 0 Å². The Morgan fingerprint density at radius 1 is 1.08 bits per heavy atom. The molecular weight excluding hydrogens is 372 g/mol. The van der Waals surface area contributed by atoms with Gasteiger partial charge in [-0.2, -0.15) is 18.3 Å². The lowest BCUT2D eigenvalue weighted by Gasteiger charge is -2.09. The van der Waals surface area contributed by atoms with Gasteiger partial charge in [0.05, 0.1) is 5.69 Å². The molecule has 136 valence electrons. The van der Waals surface area contributed by atoms with E-state index in [1.807, 2.05) is 0 Å². The minimum absolute atomic E-state index is 0.00865. The van der Waals surface area contributed by atoms with Crippen molar-refractivity contribution in [1.29, 1.82) is 0 Å². The Balaban J connectivity index is 1.79. The highest BCUT2D eigenvalue weighted by molar-refractivity contribution is 6.30. The van der Waals surface area contributed by atoms with Crippen LogP contribution in [0.25, 0.3) is 11.3 Å². The van der Waals surface area contributed by atoms with Gasteiger partial charge in [0.2, 0.25) is 0 Å². The summed E-state index contributed by atoms with van der Waals surface area (Å²) in [5, 5.41) is 3.98. The summed E-state index contributed by atoms with van der Waals surface area (Å²) in [5.41, 5.74) is -0.189. The summed E-state index contributed by atoms with van der Waals surface area (Å²) in [6, 6.07) is 11.8. The summed E-state index contributed by atoms with van der Waals surface area (Å²) in [6.07, 6.45) is -4.59. The lowest BCUT2D eigenvalue weighted by Crippen LogP contribution is -2.06. The number of rotatable bonds is 4. The number of halogens is 5. The highest BCUT2D eigenvalue weighted by Gasteiger charge is 2.35. The van der Waals surface area contributed by atoms with Crippen LogP contribution in [-0.4, -0.2) is 9.78 Å². The van der Waals surface area contributed by atoms with Crippen molar-refractivity contribution in [2.75, 3.05) is 0 Å². The van der Waals surface area contributed by atoms with Gasteiger partial charge >= 0.3 is 6.18 Å². The van der Waals surface area contributed by atoms with Gasteiger partial charge in [-0.25, -0.2) is 4.39 Å². The first-order valence-corrected chi connectivity index (χ1v) is 7.90. The zero-order valence-electron chi connectivity index (χ0n) is 13.5. The Hall–Kier alpha value is -2.54. The summed E-state index contributed by atoms with van der Waals surface area (Å²) in [4.78, 5) is 0. The van der Waals surface area contributed by atoms with E-state index in [1.54, 1.807) is 24.3 Å². The third-order valence-electron chi connectivity index (χ3n) is 3.71. The van der Waals surface area contributed by atoms with Gasteiger partial charge in [-0.15, -0.1) is 0 Å². The van der Waals surface area contributed by atoms with E-state index in [1.165, 1.54) is 19.2 Å². The number of benzene rings is 2. The van der Waals surface area contributed by atoms with E-state index in [0.29, 0.717) is 5.02 Å². The van der Waals surface area contributed by atoms with Crippen LogP contribution in [0.3, 0.4) is 0 Å². The van der Waals surface area contributed by atoms with E-state index in [-0.39, 0.29) is 23.6 Å². The van der Waals surface area contributed by atoms with Crippen LogP contribution in [0, 0.1) is 5.82 Å². The fraction of sp³-hybridized carbons (Fsp3) is 0.167. The molecule has 0 N–H and O–H groups in total. The topological polar surface area (TPSA) is 27.1 Å². The molecule has 1 aromatic heterocycles. The largest absolute Gasteiger partial charge is 0.489 e.